The first-order valence-electron chi connectivity index (χ1n) is 17.2. The average Bonchev–Trinajstić information content (AvgIpc) is 3.67. The molecule has 0 amide bonds. The highest BCUT2D eigenvalue weighted by molar-refractivity contribution is 7.98. The molecule has 2 aromatic carbocycles. The third kappa shape index (κ3) is 16.5. The molecule has 4 aromatic rings. The average molecular weight is 904 g/mol. The van der Waals surface area contributed by atoms with Gasteiger partial charge in [0.2, 0.25) is 0 Å². The van der Waals surface area contributed by atoms with Crippen LogP contribution in [0.5, 0.6) is 5.75 Å². The Morgan fingerprint density at radius 3 is 1.98 bits per heavy atom. The van der Waals surface area contributed by atoms with Crippen molar-refractivity contribution in [1.82, 2.24) is 15.3 Å². The van der Waals surface area contributed by atoms with Gasteiger partial charge in [0, 0.05) is 40.4 Å². The van der Waals surface area contributed by atoms with E-state index in [9.17, 15) is 46.8 Å². The summed E-state index contributed by atoms with van der Waals surface area (Å²) in [6, 6.07) is 18.5. The molecule has 0 bridgehead atoms. The number of thioether (sulfide) groups is 1. The Morgan fingerprint density at radius 1 is 0.917 bits per heavy atom. The number of ether oxygens (including phenoxy) is 1. The fourth-order valence-corrected chi connectivity index (χ4v) is 6.47. The summed E-state index contributed by atoms with van der Waals surface area (Å²) < 4.78 is 69.3. The highest BCUT2D eigenvalue weighted by atomic mass is 35.5. The number of thiazole rings is 1. The molecule has 60 heavy (non-hydrogen) atoms. The Kier molecular flexibility index (Phi) is 20.6. The van der Waals surface area contributed by atoms with Gasteiger partial charge in [0.25, 0.3) is 0 Å². The van der Waals surface area contributed by atoms with Crippen LogP contribution in [0.2, 0.25) is 5.02 Å². The summed E-state index contributed by atoms with van der Waals surface area (Å²) in [6.07, 6.45) is -8.28. The van der Waals surface area contributed by atoms with E-state index in [-0.39, 0.29) is 6.61 Å². The van der Waals surface area contributed by atoms with Crippen LogP contribution in [0.25, 0.3) is 21.7 Å². The molecular formula is C37H36ClF6N7O7S2. The van der Waals surface area contributed by atoms with Crippen molar-refractivity contribution in [1.29, 1.82) is 10.5 Å². The summed E-state index contributed by atoms with van der Waals surface area (Å²) in [7, 11) is 0. The number of carboxylic acid groups (broad SMARTS) is 3. The van der Waals surface area contributed by atoms with E-state index < -0.39 is 36.3 Å². The van der Waals surface area contributed by atoms with E-state index >= 15 is 0 Å². The Morgan fingerprint density at radius 2 is 1.48 bits per heavy atom. The van der Waals surface area contributed by atoms with Gasteiger partial charge in [-0.05, 0) is 55.6 Å². The third-order valence-corrected chi connectivity index (χ3v) is 9.52. The van der Waals surface area contributed by atoms with Gasteiger partial charge in [0.1, 0.15) is 52.0 Å². The van der Waals surface area contributed by atoms with Crippen LogP contribution in [-0.2, 0) is 20.1 Å². The van der Waals surface area contributed by atoms with E-state index in [1.54, 1.807) is 24.3 Å². The standard InChI is InChI=1S/C33H34ClN7O3S2.2C2HF3O2/c1-2-14-39-30-26(17-36)29(21-7-11-25(12-8-21)44-16-15-38-28(33(42)43)4-3-13-35)27(18-37)32(41-30)46-20-24-19-45-31(40-24)22-5-9-23(34)10-6-22;2*3-2(4,5)1(6)7/h5-12,19,28,38H,2-4,13-16,20,35H2,1H3,(H,39,41)(H,42,43);2*(H,6,7)/t28-;;/m0../s1. The van der Waals surface area contributed by atoms with Gasteiger partial charge in [-0.3, -0.25) is 4.79 Å². The molecule has 0 unspecified atom stereocenters. The molecule has 23 heteroatoms. The molecular weight excluding hydrogens is 868 g/mol. The van der Waals surface area contributed by atoms with E-state index in [4.69, 9.17) is 51.8 Å². The second-order valence-electron chi connectivity index (χ2n) is 11.7. The molecule has 0 aliphatic heterocycles. The number of carbonyl (C=O) groups is 3. The molecule has 0 saturated carbocycles. The molecule has 2 aromatic heterocycles. The quantitative estimate of drug-likeness (QED) is 0.0336. The normalized spacial score (nSPS) is 11.4. The molecule has 14 nitrogen and oxygen atoms in total. The summed E-state index contributed by atoms with van der Waals surface area (Å²) in [5.41, 5.74) is 9.11. The lowest BCUT2D eigenvalue weighted by Crippen LogP contribution is -2.39. The Hall–Kier alpha value is -5.65. The number of rotatable bonds is 17. The topological polar surface area (TPSA) is 245 Å². The Balaban J connectivity index is 0.000000758. The van der Waals surface area contributed by atoms with Crippen molar-refractivity contribution in [2.24, 2.45) is 5.73 Å². The highest BCUT2D eigenvalue weighted by Crippen LogP contribution is 2.38. The van der Waals surface area contributed by atoms with Crippen molar-refractivity contribution in [2.75, 3.05) is 31.6 Å². The number of hydrogen-bond donors (Lipinski definition) is 6. The van der Waals surface area contributed by atoms with Crippen LogP contribution in [0.15, 0.2) is 58.9 Å². The summed E-state index contributed by atoms with van der Waals surface area (Å²) in [5, 5.41) is 54.4. The number of anilines is 1. The summed E-state index contributed by atoms with van der Waals surface area (Å²) in [6.45, 7) is 3.68. The van der Waals surface area contributed by atoms with Gasteiger partial charge < -0.3 is 36.4 Å². The van der Waals surface area contributed by atoms with E-state index in [0.29, 0.717) is 82.1 Å². The summed E-state index contributed by atoms with van der Waals surface area (Å²) in [5.74, 6) is -4.95. The van der Waals surface area contributed by atoms with Crippen LogP contribution in [0.1, 0.15) is 43.0 Å². The smallest absolute Gasteiger partial charge is 0.490 e. The molecule has 0 aliphatic carbocycles. The number of nitrogens with two attached hydrogens (primary N) is 1. The van der Waals surface area contributed by atoms with Gasteiger partial charge in [-0.15, -0.1) is 11.3 Å². The molecule has 2 heterocycles. The van der Waals surface area contributed by atoms with Crippen LogP contribution in [0.3, 0.4) is 0 Å². The lowest BCUT2D eigenvalue weighted by molar-refractivity contribution is -0.193. The van der Waals surface area contributed by atoms with Crippen molar-refractivity contribution in [2.45, 2.75) is 55.4 Å². The number of nitriles is 2. The minimum Gasteiger partial charge on any atom is -0.492 e. The minimum absolute atomic E-state index is 0.260. The molecule has 7 N–H and O–H groups in total. The molecule has 0 radical (unpaired) electrons. The number of nitrogens with zero attached hydrogens (tertiary/aromatic N) is 4. The second-order valence-corrected chi connectivity index (χ2v) is 14.0. The third-order valence-electron chi connectivity index (χ3n) is 7.31. The number of alkyl halides is 6. The van der Waals surface area contributed by atoms with Crippen molar-refractivity contribution < 1.29 is 60.8 Å². The van der Waals surface area contributed by atoms with Crippen LogP contribution in [0.4, 0.5) is 32.2 Å². The number of carboxylic acids is 3. The van der Waals surface area contributed by atoms with Crippen molar-refractivity contribution in [3.63, 3.8) is 0 Å². The number of halogens is 7. The number of aromatic nitrogens is 2. The van der Waals surface area contributed by atoms with E-state index in [1.807, 2.05) is 36.6 Å². The zero-order valence-corrected chi connectivity index (χ0v) is 33.6. The maximum absolute atomic E-state index is 11.4. The lowest BCUT2D eigenvalue weighted by Gasteiger charge is -2.16. The van der Waals surface area contributed by atoms with E-state index in [1.165, 1.54) is 23.1 Å². The van der Waals surface area contributed by atoms with Crippen molar-refractivity contribution in [3.8, 4) is 39.6 Å². The predicted molar refractivity (Wildman–Crippen MR) is 211 cm³/mol. The second kappa shape index (κ2) is 24.4. The monoisotopic (exact) mass is 903 g/mol. The number of benzene rings is 2. The summed E-state index contributed by atoms with van der Waals surface area (Å²) >= 11 is 8.96. The number of hydrogen-bond acceptors (Lipinski definition) is 13. The van der Waals surface area contributed by atoms with Crippen molar-refractivity contribution in [3.05, 3.63) is 75.8 Å². The van der Waals surface area contributed by atoms with Crippen LogP contribution in [-0.4, -0.2) is 87.8 Å². The van der Waals surface area contributed by atoms with Gasteiger partial charge in [0.05, 0.1) is 11.3 Å². The van der Waals surface area contributed by atoms with Gasteiger partial charge in [0.15, 0.2) is 0 Å². The number of nitrogens with one attached hydrogen (secondary N) is 2. The largest absolute Gasteiger partial charge is 0.492 e. The van der Waals surface area contributed by atoms with Crippen LogP contribution < -0.4 is 21.1 Å². The maximum Gasteiger partial charge on any atom is 0.490 e. The molecule has 4 rings (SSSR count). The highest BCUT2D eigenvalue weighted by Gasteiger charge is 2.39. The SMILES string of the molecule is CCCNc1nc(SCc2csc(-c3ccc(Cl)cc3)n2)c(C#N)c(-c2ccc(OCCN[C@@H](CCCN)C(=O)O)cc2)c1C#N.O=C(O)C(F)(F)F.O=C(O)C(F)(F)F. The van der Waals surface area contributed by atoms with Crippen LogP contribution in [0, 0.1) is 22.7 Å². The molecule has 322 valence electrons. The van der Waals surface area contributed by atoms with Gasteiger partial charge in [-0.25, -0.2) is 19.6 Å². The first kappa shape index (κ1) is 50.5. The Bertz CT molecular complexity index is 2100. The molecule has 1 atom stereocenters. The van der Waals surface area contributed by atoms with Gasteiger partial charge in [-0.2, -0.15) is 36.9 Å². The first-order chi connectivity index (χ1) is 28.3. The van der Waals surface area contributed by atoms with Gasteiger partial charge in [-0.1, -0.05) is 54.6 Å². The van der Waals surface area contributed by atoms with Crippen molar-refractivity contribution >= 4 is 58.4 Å². The lowest BCUT2D eigenvalue weighted by atomic mass is 9.96. The zero-order valence-electron chi connectivity index (χ0n) is 31.2. The maximum atomic E-state index is 11.4. The number of aliphatic carboxylic acids is 3. The minimum atomic E-state index is -5.08. The molecule has 0 spiro atoms. The van der Waals surface area contributed by atoms with E-state index in [0.717, 1.165) is 22.7 Å². The molecule has 0 saturated heterocycles. The van der Waals surface area contributed by atoms with Crippen LogP contribution >= 0.6 is 34.7 Å². The number of pyridine rings is 1. The Labute approximate surface area is 352 Å². The fraction of sp³-hybridized carbons (Fsp3) is 0.324. The molecule has 0 fully saturated rings. The predicted octanol–water partition coefficient (Wildman–Crippen LogP) is 7.81. The zero-order chi connectivity index (χ0) is 45.0. The fourth-order valence-electron chi connectivity index (χ4n) is 4.54. The first-order valence-corrected chi connectivity index (χ1v) is 19.5. The summed E-state index contributed by atoms with van der Waals surface area (Å²) in [4.78, 5) is 38.7. The molecule has 0 aliphatic rings. The van der Waals surface area contributed by atoms with Gasteiger partial charge >= 0.3 is 30.3 Å². The van der Waals surface area contributed by atoms with E-state index in [2.05, 4.69) is 22.8 Å².